The summed E-state index contributed by atoms with van der Waals surface area (Å²) in [4.78, 5) is 12.0. The van der Waals surface area contributed by atoms with E-state index < -0.39 is 5.54 Å². The Kier molecular flexibility index (Phi) is 5.52. The van der Waals surface area contributed by atoms with Crippen molar-refractivity contribution in [1.82, 2.24) is 0 Å². The van der Waals surface area contributed by atoms with Crippen molar-refractivity contribution in [3.8, 4) is 5.75 Å². The average Bonchev–Trinajstić information content (AvgIpc) is 3.30. The van der Waals surface area contributed by atoms with Crippen molar-refractivity contribution in [3.63, 3.8) is 0 Å². The minimum Gasteiger partial charge on any atom is -0.486 e. The van der Waals surface area contributed by atoms with Crippen molar-refractivity contribution >= 4 is 24.0 Å². The lowest BCUT2D eigenvalue weighted by Crippen LogP contribution is -2.37. The van der Waals surface area contributed by atoms with Gasteiger partial charge in [-0.1, -0.05) is 30.3 Å². The molecule has 0 radical (unpaired) electrons. The van der Waals surface area contributed by atoms with E-state index in [0.717, 1.165) is 35.4 Å². The summed E-state index contributed by atoms with van der Waals surface area (Å²) in [5.41, 5.74) is 8.12. The molecule has 3 N–H and O–H groups in total. The number of halogens is 1. The van der Waals surface area contributed by atoms with Gasteiger partial charge in [0, 0.05) is 5.69 Å². The molecule has 0 aliphatic heterocycles. The second-order valence-corrected chi connectivity index (χ2v) is 6.26. The molecule has 1 unspecified atom stereocenters. The Morgan fingerprint density at radius 1 is 1.21 bits per heavy atom. The number of ether oxygens (including phenoxy) is 1. The van der Waals surface area contributed by atoms with Gasteiger partial charge < -0.3 is 15.8 Å². The molecule has 2 aromatic carbocycles. The van der Waals surface area contributed by atoms with Crippen LogP contribution in [0.3, 0.4) is 0 Å². The molecule has 1 amide bonds. The maximum absolute atomic E-state index is 12.0. The van der Waals surface area contributed by atoms with E-state index in [1.54, 1.807) is 0 Å². The molecule has 2 aromatic rings. The fourth-order valence-corrected chi connectivity index (χ4v) is 2.45. The number of rotatable bonds is 5. The first-order chi connectivity index (χ1) is 11.0. The topological polar surface area (TPSA) is 64.3 Å². The number of nitrogens with two attached hydrogens (primary N) is 1. The lowest BCUT2D eigenvalue weighted by molar-refractivity contribution is -0.118. The van der Waals surface area contributed by atoms with Crippen LogP contribution in [0.5, 0.6) is 5.75 Å². The van der Waals surface area contributed by atoms with E-state index in [1.165, 1.54) is 0 Å². The van der Waals surface area contributed by atoms with E-state index in [2.05, 4.69) is 5.32 Å². The van der Waals surface area contributed by atoms with Gasteiger partial charge >= 0.3 is 0 Å². The summed E-state index contributed by atoms with van der Waals surface area (Å²) >= 11 is 0. The van der Waals surface area contributed by atoms with Gasteiger partial charge in [-0.3, -0.25) is 4.79 Å². The highest BCUT2D eigenvalue weighted by atomic mass is 35.5. The van der Waals surface area contributed by atoms with Crippen LogP contribution in [-0.4, -0.2) is 11.4 Å². The van der Waals surface area contributed by atoms with Gasteiger partial charge in [0.15, 0.2) is 0 Å². The fraction of sp³-hybridized carbons (Fsp3) is 0.316. The first-order valence-corrected chi connectivity index (χ1v) is 7.90. The molecule has 1 fully saturated rings. The van der Waals surface area contributed by atoms with Gasteiger partial charge in [0.1, 0.15) is 11.9 Å². The molecule has 24 heavy (non-hydrogen) atoms. The van der Waals surface area contributed by atoms with Crippen molar-refractivity contribution < 1.29 is 9.53 Å². The van der Waals surface area contributed by atoms with Gasteiger partial charge in [0.25, 0.3) is 0 Å². The summed E-state index contributed by atoms with van der Waals surface area (Å²) in [6.07, 6.45) is 1.48. The number of hydrogen-bond donors (Lipinski definition) is 2. The molecule has 1 saturated carbocycles. The van der Waals surface area contributed by atoms with Crippen LogP contribution in [0, 0.1) is 6.92 Å². The Morgan fingerprint density at radius 2 is 1.88 bits per heavy atom. The number of anilines is 1. The molecule has 0 bridgehead atoms. The van der Waals surface area contributed by atoms with Gasteiger partial charge in [-0.2, -0.15) is 0 Å². The number of carbonyl (C=O) groups excluding carboxylic acids is 1. The highest BCUT2D eigenvalue weighted by molar-refractivity contribution is 6.00. The highest BCUT2D eigenvalue weighted by Crippen LogP contribution is 2.34. The minimum absolute atomic E-state index is 0. The smallest absolute Gasteiger partial charge is 0.244 e. The van der Waals surface area contributed by atoms with Gasteiger partial charge in [0.05, 0.1) is 5.54 Å². The summed E-state index contributed by atoms with van der Waals surface area (Å²) in [7, 11) is 0. The zero-order valence-corrected chi connectivity index (χ0v) is 14.7. The van der Waals surface area contributed by atoms with E-state index in [0.29, 0.717) is 0 Å². The van der Waals surface area contributed by atoms with Crippen molar-refractivity contribution in [2.24, 2.45) is 5.73 Å². The lowest BCUT2D eigenvalue weighted by Gasteiger charge is -2.17. The standard InChI is InChI=1S/C19H22N2O2.ClH/c1-13-12-16(23-14(2)15-6-4-3-5-7-15)8-9-17(13)21-18(22)19(20)10-11-19;/h3-9,12,14H,10-11,20H2,1-2H3,(H,21,22);1H. The van der Waals surface area contributed by atoms with Crippen LogP contribution >= 0.6 is 12.4 Å². The van der Waals surface area contributed by atoms with Gasteiger partial charge in [-0.05, 0) is 56.0 Å². The average molecular weight is 347 g/mol. The van der Waals surface area contributed by atoms with Crippen molar-refractivity contribution in [2.75, 3.05) is 5.32 Å². The number of nitrogens with one attached hydrogen (secondary N) is 1. The molecule has 0 saturated heterocycles. The molecule has 1 atom stereocenters. The largest absolute Gasteiger partial charge is 0.486 e. The third-order valence-electron chi connectivity index (χ3n) is 4.27. The molecule has 5 heteroatoms. The summed E-state index contributed by atoms with van der Waals surface area (Å²) in [5, 5.41) is 2.91. The Labute approximate surface area is 148 Å². The Morgan fingerprint density at radius 3 is 2.46 bits per heavy atom. The highest BCUT2D eigenvalue weighted by Gasteiger charge is 2.46. The SMILES string of the molecule is Cc1cc(OC(C)c2ccccc2)ccc1NC(=O)C1(N)CC1.Cl. The van der Waals surface area contributed by atoms with Gasteiger partial charge in [-0.15, -0.1) is 12.4 Å². The Bertz CT molecular complexity index is 715. The van der Waals surface area contributed by atoms with Crippen LogP contribution < -0.4 is 15.8 Å². The number of benzene rings is 2. The summed E-state index contributed by atoms with van der Waals surface area (Å²) < 4.78 is 5.98. The first kappa shape index (κ1) is 18.3. The number of carbonyl (C=O) groups is 1. The normalized spacial score (nSPS) is 15.8. The van der Waals surface area contributed by atoms with E-state index in [9.17, 15) is 4.79 Å². The molecular formula is C19H23ClN2O2. The van der Waals surface area contributed by atoms with Crippen LogP contribution in [0.1, 0.15) is 37.0 Å². The molecular weight excluding hydrogens is 324 g/mol. The van der Waals surface area contributed by atoms with Crippen molar-refractivity contribution in [2.45, 2.75) is 38.3 Å². The summed E-state index contributed by atoms with van der Waals surface area (Å²) in [6.45, 7) is 3.97. The maximum Gasteiger partial charge on any atom is 0.244 e. The van der Waals surface area contributed by atoms with E-state index >= 15 is 0 Å². The van der Waals surface area contributed by atoms with Crippen LogP contribution in [-0.2, 0) is 4.79 Å². The Hall–Kier alpha value is -2.04. The van der Waals surface area contributed by atoms with Gasteiger partial charge in [-0.25, -0.2) is 0 Å². The third-order valence-corrected chi connectivity index (χ3v) is 4.27. The van der Waals surface area contributed by atoms with E-state index in [-0.39, 0.29) is 24.4 Å². The molecule has 0 aromatic heterocycles. The molecule has 3 rings (SSSR count). The van der Waals surface area contributed by atoms with Crippen LogP contribution in [0.4, 0.5) is 5.69 Å². The van der Waals surface area contributed by atoms with Crippen LogP contribution in [0.15, 0.2) is 48.5 Å². The summed E-state index contributed by atoms with van der Waals surface area (Å²) in [5.74, 6) is 0.678. The zero-order valence-electron chi connectivity index (χ0n) is 13.9. The van der Waals surface area contributed by atoms with Gasteiger partial charge in [0.2, 0.25) is 5.91 Å². The number of aryl methyl sites for hydroxylation is 1. The minimum atomic E-state index is -0.663. The van der Waals surface area contributed by atoms with E-state index in [4.69, 9.17) is 10.5 Å². The lowest BCUT2D eigenvalue weighted by atomic mass is 10.1. The summed E-state index contributed by atoms with van der Waals surface area (Å²) in [6, 6.07) is 15.8. The quantitative estimate of drug-likeness (QED) is 0.860. The third kappa shape index (κ3) is 4.08. The Balaban J connectivity index is 0.00000208. The monoisotopic (exact) mass is 346 g/mol. The molecule has 1 aliphatic rings. The zero-order chi connectivity index (χ0) is 16.4. The molecule has 128 valence electrons. The number of hydrogen-bond acceptors (Lipinski definition) is 3. The van der Waals surface area contributed by atoms with Crippen LogP contribution in [0.2, 0.25) is 0 Å². The van der Waals surface area contributed by atoms with Crippen LogP contribution in [0.25, 0.3) is 0 Å². The molecule has 4 nitrogen and oxygen atoms in total. The number of amides is 1. The van der Waals surface area contributed by atoms with Crippen molar-refractivity contribution in [1.29, 1.82) is 0 Å². The molecule has 0 spiro atoms. The maximum atomic E-state index is 12.0. The predicted octanol–water partition coefficient (Wildman–Crippen LogP) is 3.99. The predicted molar refractivity (Wildman–Crippen MR) is 98.7 cm³/mol. The first-order valence-electron chi connectivity index (χ1n) is 7.90. The van der Waals surface area contributed by atoms with Crippen molar-refractivity contribution in [3.05, 3.63) is 59.7 Å². The second kappa shape index (κ2) is 7.24. The second-order valence-electron chi connectivity index (χ2n) is 6.26. The van der Waals surface area contributed by atoms with E-state index in [1.807, 2.05) is 62.4 Å². The molecule has 0 heterocycles. The molecule has 1 aliphatic carbocycles. The fourth-order valence-electron chi connectivity index (χ4n) is 2.45.